The molecule has 5 aliphatic heterocycles. The number of ketones is 1. The number of carboxylic acids is 2. The van der Waals surface area contributed by atoms with Crippen LogP contribution in [0.3, 0.4) is 0 Å². The highest BCUT2D eigenvalue weighted by atomic mass is 35.5. The number of amides is 1. The molecule has 10 nitrogen and oxygen atoms in total. The van der Waals surface area contributed by atoms with Gasteiger partial charge < -0.3 is 24.9 Å². The number of Topliss-reactive ketones (excluding diaryl/α,β-unsaturated/α-hetero) is 1. The first kappa shape index (κ1) is 39.7. The van der Waals surface area contributed by atoms with E-state index in [-0.39, 0.29) is 87.5 Å². The fraction of sp³-hybridized carbons (Fsp3) is 0.444. The first-order valence-corrected chi connectivity index (χ1v) is 17.1. The van der Waals surface area contributed by atoms with Gasteiger partial charge in [-0.05, 0) is 50.9 Å². The number of piperazine rings is 1. The van der Waals surface area contributed by atoms with Crippen LogP contribution in [0.25, 0.3) is 0 Å². The molecule has 2 unspecified atom stereocenters. The van der Waals surface area contributed by atoms with Gasteiger partial charge in [0.1, 0.15) is 0 Å². The molecule has 0 aromatic heterocycles. The molecule has 2 bridgehead atoms. The number of rotatable bonds is 9. The van der Waals surface area contributed by atoms with Gasteiger partial charge in [0, 0.05) is 78.4 Å². The van der Waals surface area contributed by atoms with Crippen LogP contribution >= 0.6 is 48.0 Å². The number of fused-ring (bicyclic) bond motifs is 3. The molecule has 50 heavy (non-hydrogen) atoms. The van der Waals surface area contributed by atoms with Gasteiger partial charge in [-0.3, -0.25) is 14.5 Å². The predicted molar refractivity (Wildman–Crippen MR) is 197 cm³/mol. The lowest BCUT2D eigenvalue weighted by atomic mass is 9.66. The Morgan fingerprint density at radius 2 is 1.32 bits per heavy atom. The molecule has 0 saturated carbocycles. The van der Waals surface area contributed by atoms with Gasteiger partial charge in [-0.2, -0.15) is 0 Å². The highest BCUT2D eigenvalue weighted by molar-refractivity contribution is 6.36. The molecule has 14 heteroatoms. The summed E-state index contributed by atoms with van der Waals surface area (Å²) in [5.74, 6) is -2.80. The van der Waals surface area contributed by atoms with Crippen molar-refractivity contribution in [2.45, 2.75) is 44.1 Å². The number of hydrogen-bond donors (Lipinski definition) is 2. The maximum absolute atomic E-state index is 14.0. The van der Waals surface area contributed by atoms with Crippen molar-refractivity contribution in [3.05, 3.63) is 92.2 Å². The maximum atomic E-state index is 14.0. The quantitative estimate of drug-likeness (QED) is 0.314. The zero-order valence-electron chi connectivity index (χ0n) is 27.9. The van der Waals surface area contributed by atoms with Gasteiger partial charge in [0.05, 0.1) is 29.4 Å². The van der Waals surface area contributed by atoms with E-state index in [1.54, 1.807) is 41.3 Å². The van der Waals surface area contributed by atoms with Gasteiger partial charge in [-0.25, -0.2) is 9.59 Å². The molecule has 0 aliphatic carbocycles. The fourth-order valence-electron chi connectivity index (χ4n) is 8.30. The van der Waals surface area contributed by atoms with Crippen molar-refractivity contribution in [3.63, 3.8) is 0 Å². The molecule has 5 aliphatic rings. The summed E-state index contributed by atoms with van der Waals surface area (Å²) in [6.07, 6.45) is 1.74. The number of piperidine rings is 3. The highest BCUT2D eigenvalue weighted by Gasteiger charge is 2.52. The number of benzene rings is 2. The van der Waals surface area contributed by atoms with Crippen molar-refractivity contribution >= 4 is 71.6 Å². The Morgan fingerprint density at radius 3 is 1.82 bits per heavy atom. The lowest BCUT2D eigenvalue weighted by Gasteiger charge is -2.51. The first-order chi connectivity index (χ1) is 22.9. The van der Waals surface area contributed by atoms with Crippen molar-refractivity contribution in [1.82, 2.24) is 19.6 Å². The number of hydrogen-bond acceptors (Lipinski definition) is 7. The molecular weight excluding hydrogens is 726 g/mol. The Hall–Kier alpha value is -3.12. The lowest BCUT2D eigenvalue weighted by molar-refractivity contribution is -0.134. The third-order valence-electron chi connectivity index (χ3n) is 10.8. The molecule has 270 valence electrons. The monoisotopic (exact) mass is 766 g/mol. The van der Waals surface area contributed by atoms with E-state index < -0.39 is 17.4 Å². The van der Waals surface area contributed by atoms with Gasteiger partial charge in [0.25, 0.3) is 0 Å². The first-order valence-electron chi connectivity index (χ1n) is 16.4. The van der Waals surface area contributed by atoms with Gasteiger partial charge in [0.15, 0.2) is 5.78 Å². The molecule has 2 aromatic carbocycles. The smallest absolute Gasteiger partial charge is 0.334 e. The van der Waals surface area contributed by atoms with Crippen LogP contribution in [0.2, 0.25) is 10.0 Å². The summed E-state index contributed by atoms with van der Waals surface area (Å²) in [5, 5.41) is 21.7. The molecule has 4 saturated heterocycles. The number of aliphatic carboxylic acids is 2. The van der Waals surface area contributed by atoms with E-state index in [9.17, 15) is 29.4 Å². The van der Waals surface area contributed by atoms with Crippen molar-refractivity contribution in [1.29, 1.82) is 0 Å². The molecule has 0 radical (unpaired) electrons. The zero-order valence-corrected chi connectivity index (χ0v) is 31.1. The number of halogens is 4. The number of nitrogens with zero attached hydrogens (tertiary/aromatic N) is 4. The molecule has 4 fully saturated rings. The maximum Gasteiger partial charge on any atom is 0.334 e. The summed E-state index contributed by atoms with van der Waals surface area (Å²) in [5.41, 5.74) is -1.99. The summed E-state index contributed by atoms with van der Waals surface area (Å²) in [6.45, 7) is 7.29. The van der Waals surface area contributed by atoms with Gasteiger partial charge in [0.2, 0.25) is 5.91 Å². The number of carbonyl (C=O) groups is 4. The molecule has 0 spiro atoms. The summed E-state index contributed by atoms with van der Waals surface area (Å²) < 4.78 is 0. The Morgan fingerprint density at radius 1 is 0.780 bits per heavy atom. The molecule has 2 N–H and O–H groups in total. The Bertz CT molecular complexity index is 1680. The predicted octanol–water partition coefficient (Wildman–Crippen LogP) is 5.62. The van der Waals surface area contributed by atoms with E-state index in [1.165, 1.54) is 43.8 Å². The molecule has 5 heterocycles. The number of carboxylic acid groups (broad SMARTS) is 2. The van der Waals surface area contributed by atoms with Gasteiger partial charge >= 0.3 is 11.9 Å². The molecule has 7 rings (SSSR count). The highest BCUT2D eigenvalue weighted by Crippen LogP contribution is 2.52. The third kappa shape index (κ3) is 7.29. The minimum Gasteiger partial charge on any atom is -0.478 e. The molecule has 2 aromatic rings. The van der Waals surface area contributed by atoms with E-state index in [0.29, 0.717) is 30.6 Å². The summed E-state index contributed by atoms with van der Waals surface area (Å²) in [7, 11) is 1.52. The standard InChI is InChI=1S/C36H40Cl2N4O6.2ClH/c1-36(31-24(37)9-6-10-25(31)38)32(34(45)46)26(19-29(43)23-7-4-3-5-8-23)39(2)27(33(36)35(47)48)20-30(44)42-17-15-41(16-18-42)28-21-40-13-11-22(28)12-14-40;;/h3-10,22,28H,11-21H2,1-2H3,(H,45,46)(H,47,48);2*1H. The van der Waals surface area contributed by atoms with Gasteiger partial charge in [-0.1, -0.05) is 59.6 Å². The summed E-state index contributed by atoms with van der Waals surface area (Å²) >= 11 is 13.4. The van der Waals surface area contributed by atoms with Crippen molar-refractivity contribution in [2.24, 2.45) is 5.92 Å². The number of carbonyl (C=O) groups excluding carboxylic acids is 2. The lowest BCUT2D eigenvalue weighted by Crippen LogP contribution is -2.61. The van der Waals surface area contributed by atoms with Crippen LogP contribution in [-0.4, -0.2) is 112 Å². The van der Waals surface area contributed by atoms with E-state index in [0.717, 1.165) is 32.7 Å². The molecule has 2 atom stereocenters. The minimum atomic E-state index is -1.92. The average Bonchev–Trinajstić information content (AvgIpc) is 3.07. The average molecular weight is 769 g/mol. The van der Waals surface area contributed by atoms with Crippen LogP contribution in [0.1, 0.15) is 48.5 Å². The SMILES string of the molecule is CN1C(CC(=O)c2ccccc2)=C(C(=O)O)C(C)(c2c(Cl)cccc2Cl)C(C(=O)O)=C1CC(=O)N1CCN(C2CN3CCC2CC3)CC1.Cl.Cl. The van der Waals surface area contributed by atoms with Crippen LogP contribution in [0, 0.1) is 5.92 Å². The van der Waals surface area contributed by atoms with Crippen LogP contribution in [0.15, 0.2) is 71.1 Å². The van der Waals surface area contributed by atoms with Crippen molar-refractivity contribution < 1.29 is 29.4 Å². The second kappa shape index (κ2) is 16.0. The second-order valence-electron chi connectivity index (χ2n) is 13.3. The van der Waals surface area contributed by atoms with Crippen LogP contribution in [0.5, 0.6) is 0 Å². The zero-order chi connectivity index (χ0) is 34.3. The Kier molecular flexibility index (Phi) is 12.7. The molecule has 1 amide bonds. The van der Waals surface area contributed by atoms with Crippen molar-refractivity contribution in [3.8, 4) is 0 Å². The largest absolute Gasteiger partial charge is 0.478 e. The normalized spacial score (nSPS) is 25.2. The van der Waals surface area contributed by atoms with Crippen LogP contribution in [0.4, 0.5) is 0 Å². The van der Waals surface area contributed by atoms with E-state index in [4.69, 9.17) is 23.2 Å². The van der Waals surface area contributed by atoms with Crippen LogP contribution in [-0.2, 0) is 19.8 Å². The fourth-order valence-corrected chi connectivity index (χ4v) is 9.07. The summed E-state index contributed by atoms with van der Waals surface area (Å²) in [6, 6.07) is 13.6. The topological polar surface area (TPSA) is 122 Å². The molecular formula is C36H42Cl4N4O6. The Labute approximate surface area is 314 Å². The second-order valence-corrected chi connectivity index (χ2v) is 14.1. The van der Waals surface area contributed by atoms with E-state index in [1.807, 2.05) is 0 Å². The number of allylic oxidation sites excluding steroid dienone is 1. The van der Waals surface area contributed by atoms with Crippen molar-refractivity contribution in [2.75, 3.05) is 52.9 Å². The minimum absolute atomic E-state index is 0. The van der Waals surface area contributed by atoms with Crippen LogP contribution < -0.4 is 0 Å². The summed E-state index contributed by atoms with van der Waals surface area (Å²) in [4.78, 5) is 62.3. The van der Waals surface area contributed by atoms with Gasteiger partial charge in [-0.15, -0.1) is 24.8 Å². The Balaban J connectivity index is 0.00000281. The third-order valence-corrected chi connectivity index (χ3v) is 11.4. The van der Waals surface area contributed by atoms with E-state index in [2.05, 4.69) is 9.80 Å². The van der Waals surface area contributed by atoms with E-state index >= 15 is 0 Å².